The van der Waals surface area contributed by atoms with Gasteiger partial charge < -0.3 is 9.72 Å². The number of fused-ring (bicyclic) bond motifs is 1. The van der Waals surface area contributed by atoms with Crippen LogP contribution in [0.2, 0.25) is 0 Å². The summed E-state index contributed by atoms with van der Waals surface area (Å²) >= 11 is 0. The van der Waals surface area contributed by atoms with E-state index in [0.717, 1.165) is 22.2 Å². The predicted molar refractivity (Wildman–Crippen MR) is 103 cm³/mol. The maximum Gasteiger partial charge on any atom is 0.205 e. The summed E-state index contributed by atoms with van der Waals surface area (Å²) in [6.07, 6.45) is 3.27. The van der Waals surface area contributed by atoms with Crippen molar-refractivity contribution in [1.29, 1.82) is 5.26 Å². The lowest BCUT2D eigenvalue weighted by Crippen LogP contribution is -2.03. The number of benzene rings is 2. The standard InChI is InChI=1S/C22H18N2O2/c1-3-12-26-18-10-8-16(9-11-18)13-17(14-23)22(25)21-15(2)24-20-7-5-4-6-19(20)21/h3-11,13,24H,1,12H2,2H3/b17-13+. The molecule has 0 radical (unpaired) electrons. The lowest BCUT2D eigenvalue weighted by atomic mass is 9.99. The van der Waals surface area contributed by atoms with Crippen molar-refractivity contribution in [2.75, 3.05) is 6.61 Å². The minimum Gasteiger partial charge on any atom is -0.490 e. The zero-order chi connectivity index (χ0) is 18.5. The summed E-state index contributed by atoms with van der Waals surface area (Å²) in [7, 11) is 0. The summed E-state index contributed by atoms with van der Waals surface area (Å²) in [5.41, 5.74) is 3.04. The van der Waals surface area contributed by atoms with E-state index >= 15 is 0 Å². The molecule has 0 amide bonds. The molecular formula is C22H18N2O2. The van der Waals surface area contributed by atoms with E-state index in [9.17, 15) is 10.1 Å². The minimum atomic E-state index is -0.283. The molecule has 1 N–H and O–H groups in total. The van der Waals surface area contributed by atoms with Crippen LogP contribution in [0.15, 0.2) is 66.8 Å². The number of Topliss-reactive ketones (excluding diaryl/α,β-unsaturated/α-hetero) is 1. The summed E-state index contributed by atoms with van der Waals surface area (Å²) in [6.45, 7) is 5.87. The number of carbonyl (C=O) groups excluding carboxylic acids is 1. The molecular weight excluding hydrogens is 324 g/mol. The Bertz CT molecular complexity index is 1030. The zero-order valence-corrected chi connectivity index (χ0v) is 14.5. The molecule has 26 heavy (non-hydrogen) atoms. The van der Waals surface area contributed by atoms with E-state index in [1.54, 1.807) is 24.3 Å². The third-order valence-corrected chi connectivity index (χ3v) is 4.04. The smallest absolute Gasteiger partial charge is 0.205 e. The van der Waals surface area contributed by atoms with Gasteiger partial charge in [0.2, 0.25) is 5.78 Å². The number of aromatic nitrogens is 1. The average Bonchev–Trinajstić information content (AvgIpc) is 3.00. The van der Waals surface area contributed by atoms with E-state index in [1.807, 2.05) is 49.4 Å². The Kier molecular flexibility index (Phi) is 5.00. The van der Waals surface area contributed by atoms with Crippen LogP contribution in [-0.4, -0.2) is 17.4 Å². The van der Waals surface area contributed by atoms with E-state index < -0.39 is 0 Å². The van der Waals surface area contributed by atoms with Gasteiger partial charge in [0.05, 0.1) is 5.56 Å². The van der Waals surface area contributed by atoms with Gasteiger partial charge >= 0.3 is 0 Å². The molecule has 0 spiro atoms. The Morgan fingerprint density at radius 3 is 2.65 bits per heavy atom. The van der Waals surface area contributed by atoms with Gasteiger partial charge in [0.15, 0.2) is 0 Å². The van der Waals surface area contributed by atoms with Crippen LogP contribution in [0.4, 0.5) is 0 Å². The summed E-state index contributed by atoms with van der Waals surface area (Å²) in [4.78, 5) is 16.1. The molecule has 0 unspecified atom stereocenters. The number of rotatable bonds is 6. The third-order valence-electron chi connectivity index (χ3n) is 4.04. The van der Waals surface area contributed by atoms with Crippen LogP contribution in [0.25, 0.3) is 17.0 Å². The first-order valence-electron chi connectivity index (χ1n) is 8.21. The number of carbonyl (C=O) groups is 1. The van der Waals surface area contributed by atoms with Crippen LogP contribution >= 0.6 is 0 Å². The number of nitriles is 1. The van der Waals surface area contributed by atoms with Crippen molar-refractivity contribution in [3.63, 3.8) is 0 Å². The number of nitrogens with one attached hydrogen (secondary N) is 1. The summed E-state index contributed by atoms with van der Waals surface area (Å²) in [5, 5.41) is 10.3. The van der Waals surface area contributed by atoms with Crippen molar-refractivity contribution >= 4 is 22.8 Å². The molecule has 0 bridgehead atoms. The van der Waals surface area contributed by atoms with Crippen molar-refractivity contribution in [3.05, 3.63) is 83.6 Å². The Morgan fingerprint density at radius 2 is 1.96 bits per heavy atom. The van der Waals surface area contributed by atoms with Gasteiger partial charge in [-0.2, -0.15) is 5.26 Å². The monoisotopic (exact) mass is 342 g/mol. The highest BCUT2D eigenvalue weighted by Gasteiger charge is 2.19. The second-order valence-corrected chi connectivity index (χ2v) is 5.84. The van der Waals surface area contributed by atoms with Crippen molar-refractivity contribution in [2.24, 2.45) is 0 Å². The molecule has 1 aromatic heterocycles. The molecule has 128 valence electrons. The van der Waals surface area contributed by atoms with Gasteiger partial charge in [0.1, 0.15) is 24.0 Å². The van der Waals surface area contributed by atoms with Crippen LogP contribution in [0.5, 0.6) is 5.75 Å². The summed E-state index contributed by atoms with van der Waals surface area (Å²) < 4.78 is 5.44. The normalized spacial score (nSPS) is 11.2. The molecule has 1 heterocycles. The molecule has 0 saturated carbocycles. The molecule has 3 rings (SSSR count). The fourth-order valence-corrected chi connectivity index (χ4v) is 2.83. The largest absolute Gasteiger partial charge is 0.490 e. The van der Waals surface area contributed by atoms with Gasteiger partial charge in [0, 0.05) is 16.6 Å². The highest BCUT2D eigenvalue weighted by molar-refractivity contribution is 6.20. The van der Waals surface area contributed by atoms with Crippen LogP contribution in [0.1, 0.15) is 21.6 Å². The predicted octanol–water partition coefficient (Wildman–Crippen LogP) is 4.83. The first kappa shape index (κ1) is 17.2. The lowest BCUT2D eigenvalue weighted by Gasteiger charge is -2.04. The van der Waals surface area contributed by atoms with Gasteiger partial charge in [-0.05, 0) is 36.8 Å². The molecule has 0 atom stereocenters. The SMILES string of the molecule is C=CCOc1ccc(/C=C(\C#N)C(=O)c2c(C)[nH]c3ccccc23)cc1. The maximum absolute atomic E-state index is 12.9. The third kappa shape index (κ3) is 3.42. The van der Waals surface area contributed by atoms with Crippen molar-refractivity contribution in [3.8, 4) is 11.8 Å². The number of para-hydroxylation sites is 1. The van der Waals surface area contributed by atoms with Crippen LogP contribution in [0.3, 0.4) is 0 Å². The number of ether oxygens (including phenoxy) is 1. The molecule has 2 aromatic carbocycles. The number of aryl methyl sites for hydroxylation is 1. The second-order valence-electron chi connectivity index (χ2n) is 5.84. The fourth-order valence-electron chi connectivity index (χ4n) is 2.83. The van der Waals surface area contributed by atoms with Crippen molar-refractivity contribution < 1.29 is 9.53 Å². The van der Waals surface area contributed by atoms with Gasteiger partial charge in [-0.3, -0.25) is 4.79 Å². The van der Waals surface area contributed by atoms with E-state index in [0.29, 0.717) is 17.9 Å². The lowest BCUT2D eigenvalue weighted by molar-refractivity contribution is 0.104. The van der Waals surface area contributed by atoms with Crippen LogP contribution in [-0.2, 0) is 0 Å². The van der Waals surface area contributed by atoms with E-state index in [1.165, 1.54) is 0 Å². The van der Waals surface area contributed by atoms with Gasteiger partial charge in [-0.1, -0.05) is 43.0 Å². The molecule has 0 fully saturated rings. The molecule has 4 nitrogen and oxygen atoms in total. The molecule has 3 aromatic rings. The number of allylic oxidation sites excluding steroid dienone is 1. The highest BCUT2D eigenvalue weighted by Crippen LogP contribution is 2.25. The molecule has 0 aliphatic heterocycles. The Morgan fingerprint density at radius 1 is 1.23 bits per heavy atom. The minimum absolute atomic E-state index is 0.0950. The molecule has 0 aliphatic carbocycles. The fraction of sp³-hybridized carbons (Fsp3) is 0.0909. The Hall–Kier alpha value is -3.58. The Balaban J connectivity index is 1.94. The summed E-state index contributed by atoms with van der Waals surface area (Å²) in [6, 6.07) is 16.8. The Labute approximate surface area is 152 Å². The highest BCUT2D eigenvalue weighted by atomic mass is 16.5. The maximum atomic E-state index is 12.9. The molecule has 0 aliphatic rings. The molecule has 4 heteroatoms. The number of hydrogen-bond donors (Lipinski definition) is 1. The number of H-pyrrole nitrogens is 1. The van der Waals surface area contributed by atoms with Gasteiger partial charge in [-0.25, -0.2) is 0 Å². The molecule has 0 saturated heterocycles. The topological polar surface area (TPSA) is 65.9 Å². The summed E-state index contributed by atoms with van der Waals surface area (Å²) in [5.74, 6) is 0.425. The number of hydrogen-bond acceptors (Lipinski definition) is 3. The average molecular weight is 342 g/mol. The second kappa shape index (κ2) is 7.54. The van der Waals surface area contributed by atoms with Gasteiger partial charge in [-0.15, -0.1) is 0 Å². The van der Waals surface area contributed by atoms with Crippen molar-refractivity contribution in [1.82, 2.24) is 4.98 Å². The first-order chi connectivity index (χ1) is 12.6. The van der Waals surface area contributed by atoms with Gasteiger partial charge in [0.25, 0.3) is 0 Å². The number of ketones is 1. The van der Waals surface area contributed by atoms with E-state index in [4.69, 9.17) is 4.74 Å². The van der Waals surface area contributed by atoms with Crippen molar-refractivity contribution in [2.45, 2.75) is 6.92 Å². The van der Waals surface area contributed by atoms with E-state index in [2.05, 4.69) is 11.6 Å². The van der Waals surface area contributed by atoms with Crippen LogP contribution < -0.4 is 4.74 Å². The number of nitrogens with zero attached hydrogens (tertiary/aromatic N) is 1. The quantitative estimate of drug-likeness (QED) is 0.302. The zero-order valence-electron chi connectivity index (χ0n) is 14.5. The van der Waals surface area contributed by atoms with Crippen LogP contribution in [0, 0.1) is 18.3 Å². The van der Waals surface area contributed by atoms with E-state index in [-0.39, 0.29) is 11.4 Å². The number of aromatic amines is 1. The first-order valence-corrected chi connectivity index (χ1v) is 8.21.